The fourth-order valence-electron chi connectivity index (χ4n) is 8.92. The molecule has 6 aliphatic carbocycles. The molecule has 2 heterocycles. The van der Waals surface area contributed by atoms with Crippen LogP contribution in [0.5, 0.6) is 0 Å². The van der Waals surface area contributed by atoms with Crippen LogP contribution in [0.25, 0.3) is 0 Å². The third-order valence-electron chi connectivity index (χ3n) is 12.1. The zero-order chi connectivity index (χ0) is 33.6. The van der Waals surface area contributed by atoms with E-state index < -0.39 is 34.4 Å². The Hall–Kier alpha value is 3.50. The van der Waals surface area contributed by atoms with Crippen molar-refractivity contribution in [3.05, 3.63) is 0 Å². The molecule has 0 aromatic heterocycles. The normalized spacial score (nSPS) is 41.7. The van der Waals surface area contributed by atoms with Gasteiger partial charge in [0.1, 0.15) is 20.9 Å². The maximum Gasteiger partial charge on any atom is 1.00 e. The van der Waals surface area contributed by atoms with Gasteiger partial charge in [-0.3, -0.25) is 9.59 Å². The summed E-state index contributed by atoms with van der Waals surface area (Å²) in [6, 6.07) is 0.326. The van der Waals surface area contributed by atoms with Crippen LogP contribution in [0, 0.1) is 40.9 Å². The van der Waals surface area contributed by atoms with Crippen LogP contribution >= 0.6 is 0 Å². The Labute approximate surface area is 404 Å². The standard InChI is InChI=1S/C18H28BNO4.C4H7BF3.C4H9BO2.BF2.F2.3K.H/c1-10-5-14(10)19-20(8-16(21)23-19,9-17(22)24-19)15-7-12-6-13(11(15)2)18(12,3)4;1-3-2-4(3)5(6,7)8;1-3-2-4(3)5(6)7;2-1-3;1-2;;;;/h10-15H,5-9H2,1-4H3;3-4H,2H2,1H3;3-4,6-7H,2H2,1H3;;;;;;/q;-1;;-1;;3*+1;-1/t10-,11-,12+,13-,14-,15-,19?,20?;2*3-,4?;;;;;;/m111....../s1. The van der Waals surface area contributed by atoms with Gasteiger partial charge in [-0.25, -0.2) is 0 Å². The van der Waals surface area contributed by atoms with E-state index in [0.29, 0.717) is 65.0 Å². The molecule has 0 amide bonds. The van der Waals surface area contributed by atoms with Crippen molar-refractivity contribution in [2.75, 3.05) is 13.1 Å². The van der Waals surface area contributed by atoms with Crippen LogP contribution in [0.2, 0.25) is 17.5 Å². The van der Waals surface area contributed by atoms with E-state index in [0.717, 1.165) is 19.3 Å². The van der Waals surface area contributed by atoms with Crippen molar-refractivity contribution in [1.82, 2.24) is 0 Å². The van der Waals surface area contributed by atoms with E-state index in [9.17, 15) is 31.2 Å². The maximum absolute atomic E-state index is 12.4. The van der Waals surface area contributed by atoms with Crippen LogP contribution in [0.1, 0.15) is 75.1 Å². The molecule has 2 bridgehead atoms. The Kier molecular flexibility index (Phi) is 21.4. The van der Waals surface area contributed by atoms with Gasteiger partial charge >= 0.3 is 187 Å². The Balaban J connectivity index is 0. The molecule has 10 atom stereocenters. The van der Waals surface area contributed by atoms with E-state index in [-0.39, 0.29) is 185 Å². The summed E-state index contributed by atoms with van der Waals surface area (Å²) in [5.74, 6) is 2.01. The predicted molar refractivity (Wildman–Crippen MR) is 154 cm³/mol. The molecule has 2 unspecified atom stereocenters. The van der Waals surface area contributed by atoms with E-state index in [4.69, 9.17) is 28.5 Å². The second kappa shape index (κ2) is 19.9. The number of fused-ring (bicyclic) bond motifs is 4. The Bertz CT molecular complexity index is 1050. The van der Waals surface area contributed by atoms with Gasteiger partial charge in [0.05, 0.1) is 6.04 Å². The average molecular weight is 761 g/mol. The summed E-state index contributed by atoms with van der Waals surface area (Å²) in [6.07, 6.45) is 4.76. The molecular weight excluding hydrogens is 716 g/mol. The van der Waals surface area contributed by atoms with Crippen LogP contribution in [0.3, 0.4) is 0 Å². The molecule has 2 radical (unpaired) electrons. The first-order valence-electron chi connectivity index (χ1n) is 15.5. The summed E-state index contributed by atoms with van der Waals surface area (Å²) in [5, 5.41) is 16.8. The van der Waals surface area contributed by atoms with Crippen LogP contribution in [0.15, 0.2) is 0 Å². The van der Waals surface area contributed by atoms with Gasteiger partial charge in [-0.1, -0.05) is 72.0 Å². The summed E-state index contributed by atoms with van der Waals surface area (Å²) >= 11 is 0. The summed E-state index contributed by atoms with van der Waals surface area (Å²) in [7, 11) is -2.06. The van der Waals surface area contributed by atoms with Crippen LogP contribution in [-0.2, 0) is 18.9 Å². The van der Waals surface area contributed by atoms with E-state index >= 15 is 0 Å². The molecule has 2 N–H and O–H groups in total. The summed E-state index contributed by atoms with van der Waals surface area (Å²) < 4.78 is 82.0. The topological polar surface area (TPSA) is 93.1 Å². The second-order valence-electron chi connectivity index (χ2n) is 14.9. The van der Waals surface area contributed by atoms with Crippen LogP contribution in [-0.4, -0.2) is 74.1 Å². The minimum atomic E-state index is -4.49. The number of halogens is 7. The number of hydrogen-bond acceptors (Lipinski definition) is 6. The summed E-state index contributed by atoms with van der Waals surface area (Å²) in [6.45, 7) is 7.29. The first-order chi connectivity index (χ1) is 20.4. The van der Waals surface area contributed by atoms with Gasteiger partial charge in [0.15, 0.2) is 0 Å². The first kappa shape index (κ1) is 50.5. The zero-order valence-electron chi connectivity index (χ0n) is 30.2. The number of rotatable bonds is 4. The van der Waals surface area contributed by atoms with E-state index in [1.807, 2.05) is 6.92 Å². The van der Waals surface area contributed by atoms with Gasteiger partial charge in [0.25, 0.3) is 0 Å². The van der Waals surface area contributed by atoms with Gasteiger partial charge in [-0.15, -0.1) is 0 Å². The third-order valence-corrected chi connectivity index (χ3v) is 12.1. The van der Waals surface area contributed by atoms with Crippen molar-refractivity contribution in [3.8, 4) is 0 Å². The molecule has 8 aliphatic rings. The number of hydrogen-bond donors (Lipinski definition) is 2. The fourth-order valence-corrected chi connectivity index (χ4v) is 8.92. The summed E-state index contributed by atoms with van der Waals surface area (Å²) in [5.41, 5.74) is 0.395. The van der Waals surface area contributed by atoms with Crippen LogP contribution in [0.4, 0.5) is 30.7 Å². The average Bonchev–Trinajstić information content (AvgIpc) is 3.86. The van der Waals surface area contributed by atoms with E-state index in [1.54, 1.807) is 6.92 Å². The van der Waals surface area contributed by atoms with Gasteiger partial charge in [0.2, 0.25) is 0 Å². The minimum Gasteiger partial charge on any atom is -1.00 e. The molecule has 2 saturated heterocycles. The van der Waals surface area contributed by atoms with Gasteiger partial charge in [-0.2, -0.15) is 0 Å². The second-order valence-corrected chi connectivity index (χ2v) is 14.9. The van der Waals surface area contributed by atoms with E-state index in [2.05, 4.69) is 27.7 Å². The number of carbonyl (C=O) groups is 2. The molecule has 254 valence electrons. The molecule has 2 aliphatic heterocycles. The quantitative estimate of drug-likeness (QED) is 0.233. The first-order valence-corrected chi connectivity index (χ1v) is 15.5. The molecule has 0 aromatic carbocycles. The van der Waals surface area contributed by atoms with Crippen molar-refractivity contribution in [2.24, 2.45) is 40.9 Å². The molecule has 0 aromatic rings. The summed E-state index contributed by atoms with van der Waals surface area (Å²) in [4.78, 5) is 24.7. The SMILES string of the molecule is C[C@@H]1CC1B(O)O.C[C@@H]1CC1[B-](F)(F)F.C[C@@H]1[C@H]2C[C@@H](C[C@H]1[N+]13CC(=O)O[B-]1([C@@H]1C[C@H]1C)OC(=O)C3)C2(C)C.FF.F[B-]F.[H-].[K+].[K+].[K+]. The number of carbonyl (C=O) groups excluding carboxylic acids is 2. The molecule has 8 fully saturated rings. The number of nitrogens with zero attached hydrogens (tertiary/aromatic N) is 1. The van der Waals surface area contributed by atoms with Crippen molar-refractivity contribution in [1.29, 1.82) is 0 Å². The van der Waals surface area contributed by atoms with Gasteiger partial charge in [0, 0.05) is 15.1 Å². The zero-order valence-corrected chi connectivity index (χ0v) is 38.5. The monoisotopic (exact) mass is 761 g/mol. The van der Waals surface area contributed by atoms with Crippen molar-refractivity contribution in [2.45, 2.75) is 97.1 Å². The van der Waals surface area contributed by atoms with Crippen molar-refractivity contribution >= 4 is 40.6 Å². The Morgan fingerprint density at radius 3 is 1.53 bits per heavy atom. The Morgan fingerprint density at radius 2 is 1.30 bits per heavy atom. The minimum absolute atomic E-state index is 0. The molecule has 21 heteroatoms. The predicted octanol–water partition coefficient (Wildman–Crippen LogP) is -3.13. The van der Waals surface area contributed by atoms with Gasteiger partial charge in [-0.05, 0) is 54.1 Å². The Morgan fingerprint density at radius 1 is 0.872 bits per heavy atom. The molecule has 7 nitrogen and oxygen atoms in total. The fraction of sp³-hybridized carbons (Fsp3) is 0.923. The van der Waals surface area contributed by atoms with Crippen molar-refractivity contribution in [3.63, 3.8) is 0 Å². The smallest absolute Gasteiger partial charge is 1.00 e. The number of quaternary nitrogens is 1. The molecule has 8 rings (SSSR count). The molecule has 47 heavy (non-hydrogen) atoms. The van der Waals surface area contributed by atoms with Gasteiger partial charge < -0.3 is 46.8 Å². The molecule has 0 spiro atoms. The largest absolute Gasteiger partial charge is 1.00 e. The van der Waals surface area contributed by atoms with Crippen LogP contribution < -0.4 is 154 Å². The third kappa shape index (κ3) is 11.1. The molecule has 6 saturated carbocycles. The molecular formula is C26H45B4F7K3NO6. The van der Waals surface area contributed by atoms with Crippen molar-refractivity contribution < 1.29 is 220 Å². The van der Waals surface area contributed by atoms with E-state index in [1.165, 1.54) is 6.42 Å². The maximum atomic E-state index is 12.4.